The van der Waals surface area contributed by atoms with Crippen molar-refractivity contribution in [3.63, 3.8) is 0 Å². The van der Waals surface area contributed by atoms with Crippen LogP contribution in [0.1, 0.15) is 0 Å². The molecule has 0 bridgehead atoms. The molecule has 0 saturated carbocycles. The molecule has 0 aliphatic rings. The van der Waals surface area contributed by atoms with Crippen molar-refractivity contribution in [3.05, 3.63) is 0 Å². The smallest absolute Gasteiger partial charge is 0.321 e. The van der Waals surface area contributed by atoms with E-state index in [0.29, 0.717) is 11.8 Å². The molecule has 0 saturated heterocycles. The second-order valence-electron chi connectivity index (χ2n) is 1.96. The molecule has 3 N–H and O–H groups in total. The summed E-state index contributed by atoms with van der Waals surface area (Å²) >= 11 is 5.18. The van der Waals surface area contributed by atoms with Gasteiger partial charge in [-0.15, -0.1) is 11.8 Å². The summed E-state index contributed by atoms with van der Waals surface area (Å²) in [5.74, 6) is -1.46. The van der Waals surface area contributed by atoms with E-state index < -0.39 is 23.1 Å². The minimum atomic E-state index is -2.13. The van der Waals surface area contributed by atoms with Crippen LogP contribution in [0.25, 0.3) is 0 Å². The van der Waals surface area contributed by atoms with Crippen molar-refractivity contribution in [1.29, 1.82) is 0 Å². The molecular formula is C5H8ClF2NO2S. The molecule has 0 fully saturated rings. The van der Waals surface area contributed by atoms with E-state index in [0.717, 1.165) is 0 Å². The van der Waals surface area contributed by atoms with Crippen LogP contribution in [0.15, 0.2) is 0 Å². The van der Waals surface area contributed by atoms with Gasteiger partial charge >= 0.3 is 5.97 Å². The summed E-state index contributed by atoms with van der Waals surface area (Å²) in [6, 6.07) is -1.19. The number of halogens is 3. The second-order valence-corrected chi connectivity index (χ2v) is 3.50. The van der Waals surface area contributed by atoms with Crippen molar-refractivity contribution in [3.8, 4) is 0 Å². The van der Waals surface area contributed by atoms with Gasteiger partial charge in [0.25, 0.3) is 0 Å². The van der Waals surface area contributed by atoms with Gasteiger partial charge in [-0.2, -0.15) is 0 Å². The topological polar surface area (TPSA) is 63.3 Å². The third kappa shape index (κ3) is 4.74. The molecule has 3 nitrogen and oxygen atoms in total. The Morgan fingerprint density at radius 3 is 2.50 bits per heavy atom. The Morgan fingerprint density at radius 2 is 2.17 bits per heavy atom. The number of carboxylic acids is 1. The molecule has 3 atom stereocenters. The van der Waals surface area contributed by atoms with Crippen molar-refractivity contribution in [2.45, 2.75) is 17.2 Å². The number of carboxylic acid groups (broad SMARTS) is 1. The van der Waals surface area contributed by atoms with Gasteiger partial charge in [0.15, 0.2) is 5.50 Å². The zero-order valence-electron chi connectivity index (χ0n) is 5.91. The zero-order valence-corrected chi connectivity index (χ0v) is 7.49. The fraction of sp³-hybridized carbons (Fsp3) is 0.800. The molecule has 0 radical (unpaired) electrons. The summed E-state index contributed by atoms with van der Waals surface area (Å²) in [7, 11) is 0. The van der Waals surface area contributed by atoms with E-state index in [9.17, 15) is 13.6 Å². The van der Waals surface area contributed by atoms with Crippen molar-refractivity contribution < 1.29 is 18.7 Å². The van der Waals surface area contributed by atoms with Crippen molar-refractivity contribution in [2.24, 2.45) is 5.73 Å². The number of rotatable bonds is 5. The summed E-state index contributed by atoms with van der Waals surface area (Å²) in [6.45, 7) is 0. The van der Waals surface area contributed by atoms with Gasteiger partial charge in [-0.25, -0.2) is 8.78 Å². The highest BCUT2D eigenvalue weighted by atomic mass is 35.5. The first-order valence-electron chi connectivity index (χ1n) is 2.97. The molecule has 12 heavy (non-hydrogen) atoms. The molecule has 0 aromatic rings. The number of carbonyl (C=O) groups is 1. The molecule has 72 valence electrons. The SMILES string of the molecule is N[C@@H](CSC(F)C(F)Cl)C(=O)O. The third-order valence-corrected chi connectivity index (χ3v) is 2.43. The number of nitrogens with two attached hydrogens (primary N) is 1. The van der Waals surface area contributed by atoms with Gasteiger partial charge in [-0.3, -0.25) is 4.79 Å². The third-order valence-electron chi connectivity index (χ3n) is 0.950. The molecule has 0 rings (SSSR count). The van der Waals surface area contributed by atoms with Gasteiger partial charge in [0.2, 0.25) is 5.63 Å². The summed E-state index contributed by atoms with van der Waals surface area (Å²) in [5.41, 5.74) is 0.950. The Bertz CT molecular complexity index is 160. The predicted molar refractivity (Wildman–Crippen MR) is 43.7 cm³/mol. The molecule has 7 heteroatoms. The maximum Gasteiger partial charge on any atom is 0.321 e. The Balaban J connectivity index is 3.61. The monoisotopic (exact) mass is 219 g/mol. The van der Waals surface area contributed by atoms with E-state index >= 15 is 0 Å². The standard InChI is InChI=1S/C5H8ClF2NO2S/c6-3(7)4(8)12-1-2(9)5(10)11/h2-4H,1,9H2,(H,10,11)/t2-,3?,4?/m0/s1. The Kier molecular flexibility index (Phi) is 5.52. The quantitative estimate of drug-likeness (QED) is 0.677. The summed E-state index contributed by atoms with van der Waals surface area (Å²) in [6.07, 6.45) is 0. The number of thioether (sulfide) groups is 1. The zero-order chi connectivity index (χ0) is 9.72. The second kappa shape index (κ2) is 5.55. The molecule has 0 aromatic heterocycles. The number of aliphatic carboxylic acids is 1. The lowest BCUT2D eigenvalue weighted by Crippen LogP contribution is -2.33. The largest absolute Gasteiger partial charge is 0.480 e. The van der Waals surface area contributed by atoms with Crippen molar-refractivity contribution >= 4 is 29.3 Å². The van der Waals surface area contributed by atoms with Crippen LogP contribution < -0.4 is 5.73 Å². The highest BCUT2D eigenvalue weighted by molar-refractivity contribution is 7.99. The number of hydrogen-bond acceptors (Lipinski definition) is 3. The van der Waals surface area contributed by atoms with Gasteiger partial charge in [0.1, 0.15) is 6.04 Å². The van der Waals surface area contributed by atoms with Gasteiger partial charge in [0, 0.05) is 5.75 Å². The van der Waals surface area contributed by atoms with Crippen molar-refractivity contribution in [1.82, 2.24) is 0 Å². The molecule has 0 aromatic carbocycles. The number of alkyl halides is 3. The molecular weight excluding hydrogens is 212 g/mol. The van der Waals surface area contributed by atoms with Crippen LogP contribution in [0, 0.1) is 0 Å². The predicted octanol–water partition coefficient (Wildman–Crippen LogP) is 0.962. The molecule has 0 aliphatic carbocycles. The van der Waals surface area contributed by atoms with Crippen LogP contribution in [-0.4, -0.2) is 34.0 Å². The minimum absolute atomic E-state index is 0.205. The molecule has 0 spiro atoms. The van der Waals surface area contributed by atoms with E-state index in [1.807, 2.05) is 0 Å². The highest BCUT2D eigenvalue weighted by Crippen LogP contribution is 2.21. The molecule has 0 amide bonds. The van der Waals surface area contributed by atoms with Gasteiger partial charge in [-0.05, 0) is 0 Å². The van der Waals surface area contributed by atoms with Crippen molar-refractivity contribution in [2.75, 3.05) is 5.75 Å². The van der Waals surface area contributed by atoms with Crippen LogP contribution in [0.5, 0.6) is 0 Å². The van der Waals surface area contributed by atoms with Gasteiger partial charge in [0.05, 0.1) is 0 Å². The van der Waals surface area contributed by atoms with Gasteiger partial charge < -0.3 is 10.8 Å². The van der Waals surface area contributed by atoms with Gasteiger partial charge in [-0.1, -0.05) is 11.6 Å². The Morgan fingerprint density at radius 1 is 1.67 bits per heavy atom. The fourth-order valence-electron chi connectivity index (χ4n) is 0.340. The number of hydrogen-bond donors (Lipinski definition) is 2. The molecule has 0 aliphatic heterocycles. The van der Waals surface area contributed by atoms with Crippen LogP contribution in [0.3, 0.4) is 0 Å². The average Bonchev–Trinajstić information content (AvgIpc) is 1.98. The van der Waals surface area contributed by atoms with E-state index in [2.05, 4.69) is 0 Å². The first-order chi connectivity index (χ1) is 5.45. The highest BCUT2D eigenvalue weighted by Gasteiger charge is 2.21. The lowest BCUT2D eigenvalue weighted by atomic mass is 10.4. The Labute approximate surface area is 77.3 Å². The maximum atomic E-state index is 12.4. The lowest BCUT2D eigenvalue weighted by molar-refractivity contribution is -0.137. The Hall–Kier alpha value is -0.0700. The van der Waals surface area contributed by atoms with Crippen LogP contribution in [0.2, 0.25) is 0 Å². The lowest BCUT2D eigenvalue weighted by Gasteiger charge is -2.09. The normalized spacial score (nSPS) is 18.3. The average molecular weight is 220 g/mol. The van der Waals surface area contributed by atoms with Crippen LogP contribution >= 0.6 is 23.4 Å². The molecule has 0 heterocycles. The first-order valence-corrected chi connectivity index (χ1v) is 4.46. The van der Waals surface area contributed by atoms with Crippen LogP contribution in [0.4, 0.5) is 8.78 Å². The summed E-state index contributed by atoms with van der Waals surface area (Å²) in [5, 5.41) is 8.25. The summed E-state index contributed by atoms with van der Waals surface area (Å²) in [4.78, 5) is 10.1. The molecule has 2 unspecified atom stereocenters. The maximum absolute atomic E-state index is 12.4. The van der Waals surface area contributed by atoms with E-state index in [4.69, 9.17) is 22.4 Å². The van der Waals surface area contributed by atoms with E-state index in [1.165, 1.54) is 0 Å². The fourth-order valence-corrected chi connectivity index (χ4v) is 1.24. The van der Waals surface area contributed by atoms with Crippen LogP contribution in [-0.2, 0) is 4.79 Å². The van der Waals surface area contributed by atoms with E-state index in [-0.39, 0.29) is 5.75 Å². The first kappa shape index (κ1) is 11.9. The summed E-state index contributed by atoms with van der Waals surface area (Å²) < 4.78 is 24.3. The minimum Gasteiger partial charge on any atom is -0.480 e. The van der Waals surface area contributed by atoms with E-state index in [1.54, 1.807) is 0 Å².